The van der Waals surface area contributed by atoms with Crippen molar-refractivity contribution in [3.63, 3.8) is 0 Å². The number of hydrogen-bond acceptors (Lipinski definition) is 4. The van der Waals surface area contributed by atoms with E-state index in [1.165, 1.54) is 23.7 Å². The van der Waals surface area contributed by atoms with Crippen LogP contribution < -0.4 is 15.6 Å². The Hall–Kier alpha value is -3.15. The first-order chi connectivity index (χ1) is 13.7. The molecule has 0 atom stereocenters. The van der Waals surface area contributed by atoms with Crippen molar-refractivity contribution in [1.29, 1.82) is 0 Å². The lowest BCUT2D eigenvalue weighted by Gasteiger charge is -2.17. The summed E-state index contributed by atoms with van der Waals surface area (Å²) in [7, 11) is 0. The number of benzene rings is 2. The Morgan fingerprint density at radius 2 is 1.86 bits per heavy atom. The number of nitrogens with zero attached hydrogens (tertiary/aromatic N) is 2. The third kappa shape index (κ3) is 4.06. The number of nitrogens with one attached hydrogen (secondary N) is 1. The minimum absolute atomic E-state index is 0.136. The molecule has 1 N–H and O–H groups in total. The number of carbonyl (C=O) groups is 1. The van der Waals surface area contributed by atoms with Crippen LogP contribution in [0.5, 0.6) is 5.75 Å². The normalized spacial score (nSPS) is 14.3. The number of fused-ring (bicyclic) bond motifs is 1. The molecule has 0 aliphatic heterocycles. The fourth-order valence-electron chi connectivity index (χ4n) is 3.56. The fourth-order valence-corrected chi connectivity index (χ4v) is 3.56. The second kappa shape index (κ2) is 8.25. The summed E-state index contributed by atoms with van der Waals surface area (Å²) >= 11 is 0. The predicted molar refractivity (Wildman–Crippen MR) is 109 cm³/mol. The summed E-state index contributed by atoms with van der Waals surface area (Å²) in [5.41, 5.74) is 1.19. The minimum Gasteiger partial charge on any atom is -0.488 e. The summed E-state index contributed by atoms with van der Waals surface area (Å²) in [5, 5.41) is 3.47. The molecule has 0 saturated heterocycles. The number of aryl methyl sites for hydroxylation is 1. The number of rotatable bonds is 6. The van der Waals surface area contributed by atoms with Gasteiger partial charge in [-0.1, -0.05) is 24.3 Å². The van der Waals surface area contributed by atoms with Gasteiger partial charge in [-0.25, -0.2) is 4.98 Å². The molecule has 2 aromatic carbocycles. The highest BCUT2D eigenvalue weighted by Crippen LogP contribution is 2.29. The van der Waals surface area contributed by atoms with Crippen LogP contribution in [0.25, 0.3) is 10.9 Å². The third-order valence-corrected chi connectivity index (χ3v) is 5.07. The van der Waals surface area contributed by atoms with E-state index in [1.54, 1.807) is 12.1 Å². The average molecular weight is 377 g/mol. The summed E-state index contributed by atoms with van der Waals surface area (Å²) in [6, 6.07) is 14.7. The molecular weight excluding hydrogens is 354 g/mol. The Kier molecular flexibility index (Phi) is 5.37. The number of carbonyl (C=O) groups excluding carboxylic acids is 1. The van der Waals surface area contributed by atoms with Crippen LogP contribution in [0.3, 0.4) is 0 Å². The van der Waals surface area contributed by atoms with Gasteiger partial charge in [0.15, 0.2) is 0 Å². The Morgan fingerprint density at radius 1 is 1.11 bits per heavy atom. The molecule has 0 spiro atoms. The van der Waals surface area contributed by atoms with Gasteiger partial charge in [0.25, 0.3) is 5.56 Å². The highest BCUT2D eigenvalue weighted by Gasteiger charge is 2.18. The monoisotopic (exact) mass is 377 g/mol. The molecule has 28 heavy (non-hydrogen) atoms. The Bertz CT molecular complexity index is 1040. The van der Waals surface area contributed by atoms with Gasteiger partial charge in [0.05, 0.1) is 29.0 Å². The largest absolute Gasteiger partial charge is 0.488 e. The number of ether oxygens (including phenoxy) is 1. The summed E-state index contributed by atoms with van der Waals surface area (Å²) in [4.78, 5) is 29.3. The highest BCUT2D eigenvalue weighted by atomic mass is 16.5. The summed E-state index contributed by atoms with van der Waals surface area (Å²) in [5.74, 6) is 0.537. The van der Waals surface area contributed by atoms with Crippen LogP contribution in [0.1, 0.15) is 32.1 Å². The molecule has 3 aromatic rings. The zero-order chi connectivity index (χ0) is 19.3. The van der Waals surface area contributed by atoms with Crippen LogP contribution in [0, 0.1) is 0 Å². The first kappa shape index (κ1) is 18.2. The zero-order valence-electron chi connectivity index (χ0n) is 15.6. The second-order valence-corrected chi connectivity index (χ2v) is 7.08. The van der Waals surface area contributed by atoms with Crippen molar-refractivity contribution < 1.29 is 9.53 Å². The van der Waals surface area contributed by atoms with E-state index in [2.05, 4.69) is 10.3 Å². The van der Waals surface area contributed by atoms with Crippen LogP contribution in [-0.4, -0.2) is 21.6 Å². The predicted octanol–water partition coefficient (Wildman–Crippen LogP) is 3.75. The molecule has 1 aromatic heterocycles. The molecule has 1 aliphatic carbocycles. The summed E-state index contributed by atoms with van der Waals surface area (Å²) in [6.45, 7) is 0.272. The van der Waals surface area contributed by atoms with Crippen LogP contribution >= 0.6 is 0 Å². The first-order valence-electron chi connectivity index (χ1n) is 9.70. The Morgan fingerprint density at radius 3 is 2.71 bits per heavy atom. The Labute approximate surface area is 163 Å². The lowest BCUT2D eigenvalue weighted by atomic mass is 10.2. The molecule has 0 radical (unpaired) electrons. The van der Waals surface area contributed by atoms with E-state index >= 15 is 0 Å². The molecule has 0 unspecified atom stereocenters. The van der Waals surface area contributed by atoms with E-state index in [9.17, 15) is 9.59 Å². The van der Waals surface area contributed by atoms with Crippen molar-refractivity contribution >= 4 is 22.5 Å². The molecule has 4 rings (SSSR count). The van der Waals surface area contributed by atoms with Crippen LogP contribution in [0.4, 0.5) is 5.69 Å². The third-order valence-electron chi connectivity index (χ3n) is 5.07. The molecule has 1 aliphatic rings. The zero-order valence-corrected chi connectivity index (χ0v) is 15.6. The van der Waals surface area contributed by atoms with Crippen molar-refractivity contribution in [2.24, 2.45) is 0 Å². The highest BCUT2D eigenvalue weighted by molar-refractivity contribution is 5.92. The number of anilines is 1. The number of aromatic nitrogens is 2. The van der Waals surface area contributed by atoms with Gasteiger partial charge in [-0.2, -0.15) is 0 Å². The lowest BCUT2D eigenvalue weighted by Crippen LogP contribution is -2.24. The topological polar surface area (TPSA) is 73.2 Å². The van der Waals surface area contributed by atoms with E-state index < -0.39 is 0 Å². The Balaban J connectivity index is 1.41. The fraction of sp³-hybridized carbons (Fsp3) is 0.318. The molecular formula is C22H23N3O3. The van der Waals surface area contributed by atoms with E-state index in [-0.39, 0.29) is 30.5 Å². The van der Waals surface area contributed by atoms with Crippen molar-refractivity contribution in [3.8, 4) is 5.75 Å². The number of hydrogen-bond donors (Lipinski definition) is 1. The minimum atomic E-state index is -0.164. The maximum Gasteiger partial charge on any atom is 0.261 e. The van der Waals surface area contributed by atoms with E-state index in [1.807, 2.05) is 36.4 Å². The average Bonchev–Trinajstić information content (AvgIpc) is 3.22. The maximum atomic E-state index is 12.5. The van der Waals surface area contributed by atoms with Crippen molar-refractivity contribution in [1.82, 2.24) is 9.55 Å². The van der Waals surface area contributed by atoms with Crippen molar-refractivity contribution in [3.05, 3.63) is 65.2 Å². The van der Waals surface area contributed by atoms with E-state index in [4.69, 9.17) is 4.74 Å². The standard InChI is InChI=1S/C22H23N3O3/c26-21(13-14-25-15-23-18-10-4-3-9-17(18)22(25)27)24-19-11-5-6-12-20(19)28-16-7-1-2-8-16/h3-6,9-12,15-16H,1-2,7-8,13-14H2,(H,24,26). The second-order valence-electron chi connectivity index (χ2n) is 7.08. The number of amides is 1. The SMILES string of the molecule is O=C(CCn1cnc2ccccc2c1=O)Nc1ccccc1OC1CCCC1. The van der Waals surface area contributed by atoms with Gasteiger partial charge in [0.2, 0.25) is 5.91 Å². The van der Waals surface area contributed by atoms with Gasteiger partial charge in [-0.05, 0) is 49.9 Å². The van der Waals surface area contributed by atoms with Crippen LogP contribution in [0.15, 0.2) is 59.7 Å². The van der Waals surface area contributed by atoms with Gasteiger partial charge in [0.1, 0.15) is 5.75 Å². The molecule has 6 nitrogen and oxygen atoms in total. The van der Waals surface area contributed by atoms with Crippen LogP contribution in [-0.2, 0) is 11.3 Å². The molecule has 0 bridgehead atoms. The molecule has 144 valence electrons. The number of para-hydroxylation sites is 3. The maximum absolute atomic E-state index is 12.5. The van der Waals surface area contributed by atoms with Crippen LogP contribution in [0.2, 0.25) is 0 Å². The lowest BCUT2D eigenvalue weighted by molar-refractivity contribution is -0.116. The van der Waals surface area contributed by atoms with E-state index in [0.717, 1.165) is 12.8 Å². The molecule has 1 amide bonds. The summed E-state index contributed by atoms with van der Waals surface area (Å²) < 4.78 is 7.53. The van der Waals surface area contributed by atoms with Gasteiger partial charge < -0.3 is 10.1 Å². The van der Waals surface area contributed by atoms with Gasteiger partial charge >= 0.3 is 0 Å². The van der Waals surface area contributed by atoms with Gasteiger partial charge in [-0.3, -0.25) is 14.2 Å². The molecule has 1 heterocycles. The first-order valence-corrected chi connectivity index (χ1v) is 9.70. The smallest absolute Gasteiger partial charge is 0.261 e. The van der Waals surface area contributed by atoms with Crippen molar-refractivity contribution in [2.75, 3.05) is 5.32 Å². The van der Waals surface area contributed by atoms with Crippen molar-refractivity contribution in [2.45, 2.75) is 44.8 Å². The molecule has 1 fully saturated rings. The molecule has 1 saturated carbocycles. The quantitative estimate of drug-likeness (QED) is 0.710. The van der Waals surface area contributed by atoms with E-state index in [0.29, 0.717) is 22.3 Å². The molecule has 6 heteroatoms. The van der Waals surface area contributed by atoms with Gasteiger partial charge in [0, 0.05) is 13.0 Å². The van der Waals surface area contributed by atoms with Gasteiger partial charge in [-0.15, -0.1) is 0 Å². The summed E-state index contributed by atoms with van der Waals surface area (Å²) in [6.07, 6.45) is 6.38.